The van der Waals surface area contributed by atoms with Crippen molar-refractivity contribution in [1.82, 2.24) is 14.5 Å². The van der Waals surface area contributed by atoms with Gasteiger partial charge in [0.2, 0.25) is 0 Å². The molecule has 1 aromatic carbocycles. The number of halogens is 1. The van der Waals surface area contributed by atoms with E-state index in [0.29, 0.717) is 6.04 Å². The van der Waals surface area contributed by atoms with Crippen molar-refractivity contribution in [2.45, 2.75) is 59.9 Å². The molecule has 0 N–H and O–H groups in total. The average Bonchev–Trinajstić information content (AvgIpc) is 2.91. The van der Waals surface area contributed by atoms with Gasteiger partial charge in [-0.3, -0.25) is 4.57 Å². The van der Waals surface area contributed by atoms with E-state index in [1.54, 1.807) is 0 Å². The Bertz CT molecular complexity index is 1060. The molecule has 0 amide bonds. The largest absolute Gasteiger partial charge is 0.353 e. The van der Waals surface area contributed by atoms with Crippen molar-refractivity contribution in [3.8, 4) is 5.69 Å². The van der Waals surface area contributed by atoms with Crippen LogP contribution in [0.25, 0.3) is 16.7 Å². The molecule has 1 unspecified atom stereocenters. The third-order valence-corrected chi connectivity index (χ3v) is 6.68. The van der Waals surface area contributed by atoms with Crippen LogP contribution in [0.3, 0.4) is 0 Å². The minimum Gasteiger partial charge on any atom is -0.353 e. The molecular formula is C24H29BrN4. The van der Waals surface area contributed by atoms with E-state index in [1.165, 1.54) is 46.3 Å². The molecule has 2 radical (unpaired) electrons. The molecule has 3 heterocycles. The summed E-state index contributed by atoms with van der Waals surface area (Å²) < 4.78 is 3.43. The van der Waals surface area contributed by atoms with E-state index in [0.717, 1.165) is 34.7 Å². The molecule has 4 nitrogen and oxygen atoms in total. The zero-order chi connectivity index (χ0) is 20.9. The van der Waals surface area contributed by atoms with E-state index in [-0.39, 0.29) is 0 Å². The lowest BCUT2D eigenvalue weighted by Crippen LogP contribution is -2.40. The first-order valence-electron chi connectivity index (χ1n) is 10.4. The maximum absolute atomic E-state index is 4.94. The quantitative estimate of drug-likeness (QED) is 0.479. The predicted molar refractivity (Wildman–Crippen MR) is 125 cm³/mol. The fraction of sp³-hybridized carbons (Fsp3) is 0.417. The van der Waals surface area contributed by atoms with Gasteiger partial charge in [0.15, 0.2) is 5.65 Å². The van der Waals surface area contributed by atoms with E-state index < -0.39 is 0 Å². The molecule has 0 spiro atoms. The Morgan fingerprint density at radius 1 is 1.07 bits per heavy atom. The molecule has 5 heteroatoms. The fourth-order valence-corrected chi connectivity index (χ4v) is 5.44. The molecule has 1 fully saturated rings. The molecule has 1 aliphatic rings. The molecule has 1 atom stereocenters. The van der Waals surface area contributed by atoms with Gasteiger partial charge in [-0.2, -0.15) is 0 Å². The highest BCUT2D eigenvalue weighted by molar-refractivity contribution is 9.10. The number of piperidine rings is 1. The number of hydrogen-bond donors (Lipinski definition) is 0. The molecule has 152 valence electrons. The summed E-state index contributed by atoms with van der Waals surface area (Å²) in [7, 11) is 0. The Balaban J connectivity index is 2.03. The summed E-state index contributed by atoms with van der Waals surface area (Å²) in [5.74, 6) is 1.87. The number of fused-ring (bicyclic) bond motifs is 1. The molecule has 3 aromatic rings. The molecule has 0 bridgehead atoms. The van der Waals surface area contributed by atoms with Crippen LogP contribution in [0, 0.1) is 48.0 Å². The van der Waals surface area contributed by atoms with Gasteiger partial charge in [0, 0.05) is 22.8 Å². The van der Waals surface area contributed by atoms with Crippen LogP contribution in [-0.4, -0.2) is 27.1 Å². The molecule has 2 aromatic heterocycles. The van der Waals surface area contributed by atoms with Gasteiger partial charge in [0.05, 0.1) is 11.1 Å². The molecule has 0 aliphatic carbocycles. The number of rotatable bonds is 3. The molecule has 0 saturated carbocycles. The SMILES string of the molecule is [CH2][CH]C1CCCCN1c1nc(C)nc2c1c(C)c(C)n2-c1c(C)cc(Br)cc1C. The Morgan fingerprint density at radius 3 is 2.41 bits per heavy atom. The van der Waals surface area contributed by atoms with Crippen molar-refractivity contribution in [1.29, 1.82) is 0 Å². The monoisotopic (exact) mass is 452 g/mol. The van der Waals surface area contributed by atoms with Crippen molar-refractivity contribution >= 4 is 32.8 Å². The van der Waals surface area contributed by atoms with Gasteiger partial charge in [-0.05, 0) is 96.0 Å². The van der Waals surface area contributed by atoms with E-state index in [2.05, 4.69) is 78.6 Å². The first-order valence-corrected chi connectivity index (χ1v) is 11.1. The lowest BCUT2D eigenvalue weighted by atomic mass is 9.99. The Morgan fingerprint density at radius 2 is 1.76 bits per heavy atom. The van der Waals surface area contributed by atoms with Crippen molar-refractivity contribution < 1.29 is 0 Å². The topological polar surface area (TPSA) is 34.0 Å². The van der Waals surface area contributed by atoms with Gasteiger partial charge >= 0.3 is 0 Å². The van der Waals surface area contributed by atoms with E-state index >= 15 is 0 Å². The highest BCUT2D eigenvalue weighted by Gasteiger charge is 2.28. The van der Waals surface area contributed by atoms with Gasteiger partial charge < -0.3 is 4.90 Å². The minimum atomic E-state index is 0.334. The van der Waals surface area contributed by atoms with Crippen LogP contribution >= 0.6 is 15.9 Å². The molecule has 1 saturated heterocycles. The number of aromatic nitrogens is 3. The van der Waals surface area contributed by atoms with E-state index in [1.807, 2.05) is 6.92 Å². The van der Waals surface area contributed by atoms with Crippen molar-refractivity contribution in [3.05, 3.63) is 58.2 Å². The Kier molecular flexibility index (Phi) is 5.45. The number of benzene rings is 1. The van der Waals surface area contributed by atoms with Gasteiger partial charge in [-0.1, -0.05) is 15.9 Å². The zero-order valence-corrected chi connectivity index (χ0v) is 19.6. The fourth-order valence-electron chi connectivity index (χ4n) is 4.75. The maximum Gasteiger partial charge on any atom is 0.150 e. The summed E-state index contributed by atoms with van der Waals surface area (Å²) in [6.07, 6.45) is 5.65. The number of aryl methyl sites for hydroxylation is 4. The molecule has 29 heavy (non-hydrogen) atoms. The summed E-state index contributed by atoms with van der Waals surface area (Å²) in [5, 5.41) is 1.17. The first kappa shape index (κ1) is 20.4. The zero-order valence-electron chi connectivity index (χ0n) is 18.0. The smallest absolute Gasteiger partial charge is 0.150 e. The molecular weight excluding hydrogens is 424 g/mol. The third-order valence-electron chi connectivity index (χ3n) is 6.22. The van der Waals surface area contributed by atoms with Gasteiger partial charge in [0.25, 0.3) is 0 Å². The third kappa shape index (κ3) is 3.37. The second-order valence-corrected chi connectivity index (χ2v) is 9.13. The lowest BCUT2D eigenvalue weighted by molar-refractivity contribution is 0.498. The maximum atomic E-state index is 4.94. The summed E-state index contributed by atoms with van der Waals surface area (Å²) >= 11 is 3.63. The Hall–Kier alpha value is -1.88. The minimum absolute atomic E-state index is 0.334. The predicted octanol–water partition coefficient (Wildman–Crippen LogP) is 6.12. The van der Waals surface area contributed by atoms with Crippen LogP contribution in [0.2, 0.25) is 0 Å². The summed E-state index contributed by atoms with van der Waals surface area (Å²) in [4.78, 5) is 12.3. The van der Waals surface area contributed by atoms with E-state index in [4.69, 9.17) is 9.97 Å². The van der Waals surface area contributed by atoms with Gasteiger partial charge in [-0.25, -0.2) is 9.97 Å². The van der Waals surface area contributed by atoms with Crippen LogP contribution in [0.1, 0.15) is 47.5 Å². The average molecular weight is 453 g/mol. The van der Waals surface area contributed by atoms with Crippen LogP contribution in [0.5, 0.6) is 0 Å². The van der Waals surface area contributed by atoms with Crippen LogP contribution < -0.4 is 4.90 Å². The standard InChI is InChI=1S/C24H29BrN4/c1-7-20-10-8-9-11-28(20)23-21-16(4)17(5)29(24(21)27-18(6)26-23)22-14(2)12-19(25)13-15(22)3/h7,12-13,20H,1,8-11H2,2-6H3. The second kappa shape index (κ2) is 7.75. The number of nitrogens with zero attached hydrogens (tertiary/aromatic N) is 4. The van der Waals surface area contributed by atoms with Crippen molar-refractivity contribution in [2.24, 2.45) is 0 Å². The van der Waals surface area contributed by atoms with E-state index in [9.17, 15) is 0 Å². The summed E-state index contributed by atoms with van der Waals surface area (Å²) in [6, 6.07) is 4.69. The first-order chi connectivity index (χ1) is 13.8. The highest BCUT2D eigenvalue weighted by Crippen LogP contribution is 2.38. The van der Waals surface area contributed by atoms with Crippen LogP contribution in [0.4, 0.5) is 5.82 Å². The van der Waals surface area contributed by atoms with Crippen LogP contribution in [0.15, 0.2) is 16.6 Å². The summed E-state index contributed by atoms with van der Waals surface area (Å²) in [5.41, 5.74) is 7.16. The summed E-state index contributed by atoms with van der Waals surface area (Å²) in [6.45, 7) is 15.8. The molecule has 4 rings (SSSR count). The Labute approximate surface area is 182 Å². The second-order valence-electron chi connectivity index (χ2n) is 8.22. The van der Waals surface area contributed by atoms with Crippen LogP contribution in [-0.2, 0) is 0 Å². The van der Waals surface area contributed by atoms with Gasteiger partial charge in [-0.15, -0.1) is 0 Å². The molecule has 1 aliphatic heterocycles. The van der Waals surface area contributed by atoms with Gasteiger partial charge in [0.1, 0.15) is 11.6 Å². The van der Waals surface area contributed by atoms with Crippen molar-refractivity contribution in [2.75, 3.05) is 11.4 Å². The lowest BCUT2D eigenvalue weighted by Gasteiger charge is -2.36. The highest BCUT2D eigenvalue weighted by atomic mass is 79.9. The number of anilines is 1. The number of hydrogen-bond acceptors (Lipinski definition) is 3. The van der Waals surface area contributed by atoms with Crippen molar-refractivity contribution in [3.63, 3.8) is 0 Å². The normalized spacial score (nSPS) is 17.3.